The van der Waals surface area contributed by atoms with Gasteiger partial charge in [-0.15, -0.1) is 0 Å². The largest absolute Gasteiger partial charge is 0.468 e. The molecular formula is C10H23N3O2. The summed E-state index contributed by atoms with van der Waals surface area (Å²) in [4.78, 5) is 15.4. The third-order valence-electron chi connectivity index (χ3n) is 2.34. The van der Waals surface area contributed by atoms with Crippen LogP contribution in [0.4, 0.5) is 0 Å². The average Bonchev–Trinajstić information content (AvgIpc) is 2.18. The minimum absolute atomic E-state index is 0.259. The number of carbonyl (C=O) groups excluding carboxylic acids is 1. The van der Waals surface area contributed by atoms with Crippen molar-refractivity contribution in [2.75, 3.05) is 47.9 Å². The molecule has 1 unspecified atom stereocenters. The Morgan fingerprint density at radius 3 is 2.33 bits per heavy atom. The SMILES string of the molecule is COC(=O)C(CN)N(C)CCCN(C)C. The number of hydrogen-bond donors (Lipinski definition) is 1. The monoisotopic (exact) mass is 217 g/mol. The van der Waals surface area contributed by atoms with Crippen molar-refractivity contribution in [3.63, 3.8) is 0 Å². The normalized spacial score (nSPS) is 13.3. The molecular weight excluding hydrogens is 194 g/mol. The molecule has 0 fully saturated rings. The van der Waals surface area contributed by atoms with E-state index in [9.17, 15) is 4.79 Å². The van der Waals surface area contributed by atoms with Gasteiger partial charge in [0.25, 0.3) is 0 Å². The first-order valence-electron chi connectivity index (χ1n) is 5.15. The highest BCUT2D eigenvalue weighted by Gasteiger charge is 2.21. The molecule has 5 nitrogen and oxygen atoms in total. The number of nitrogens with zero attached hydrogens (tertiary/aromatic N) is 2. The first-order valence-corrected chi connectivity index (χ1v) is 5.15. The predicted molar refractivity (Wildman–Crippen MR) is 60.7 cm³/mol. The van der Waals surface area contributed by atoms with Crippen molar-refractivity contribution >= 4 is 5.97 Å². The fourth-order valence-corrected chi connectivity index (χ4v) is 1.38. The third-order valence-corrected chi connectivity index (χ3v) is 2.34. The first kappa shape index (κ1) is 14.3. The maximum atomic E-state index is 11.3. The third kappa shape index (κ3) is 5.71. The Kier molecular flexibility index (Phi) is 7.29. The summed E-state index contributed by atoms with van der Waals surface area (Å²) in [6.07, 6.45) is 1.01. The zero-order valence-corrected chi connectivity index (χ0v) is 10.2. The van der Waals surface area contributed by atoms with Crippen molar-refractivity contribution < 1.29 is 9.53 Å². The Morgan fingerprint density at radius 1 is 1.33 bits per heavy atom. The van der Waals surface area contributed by atoms with E-state index in [2.05, 4.69) is 9.64 Å². The van der Waals surface area contributed by atoms with Gasteiger partial charge in [0.05, 0.1) is 7.11 Å². The van der Waals surface area contributed by atoms with Gasteiger partial charge in [0, 0.05) is 6.54 Å². The molecule has 0 bridgehead atoms. The van der Waals surface area contributed by atoms with E-state index >= 15 is 0 Å². The summed E-state index contributed by atoms with van der Waals surface area (Å²) < 4.78 is 4.68. The summed E-state index contributed by atoms with van der Waals surface area (Å²) in [6.45, 7) is 2.14. The number of likely N-dealkylation sites (N-methyl/N-ethyl adjacent to an activating group) is 1. The molecule has 0 aromatic rings. The maximum absolute atomic E-state index is 11.3. The zero-order chi connectivity index (χ0) is 11.8. The van der Waals surface area contributed by atoms with E-state index in [-0.39, 0.29) is 12.0 Å². The van der Waals surface area contributed by atoms with E-state index in [1.54, 1.807) is 0 Å². The van der Waals surface area contributed by atoms with Crippen molar-refractivity contribution in [3.8, 4) is 0 Å². The Balaban J connectivity index is 3.93. The van der Waals surface area contributed by atoms with Crippen molar-refractivity contribution in [3.05, 3.63) is 0 Å². The predicted octanol–water partition coefficient (Wildman–Crippen LogP) is -0.630. The number of methoxy groups -OCH3 is 1. The van der Waals surface area contributed by atoms with Crippen LogP contribution in [0.2, 0.25) is 0 Å². The molecule has 0 aliphatic rings. The first-order chi connectivity index (χ1) is 7.02. The maximum Gasteiger partial charge on any atom is 0.324 e. The molecule has 90 valence electrons. The van der Waals surface area contributed by atoms with E-state index in [0.29, 0.717) is 6.54 Å². The lowest BCUT2D eigenvalue weighted by Crippen LogP contribution is -2.45. The summed E-state index contributed by atoms with van der Waals surface area (Å²) in [6, 6.07) is -0.322. The van der Waals surface area contributed by atoms with Crippen molar-refractivity contribution in [1.29, 1.82) is 0 Å². The zero-order valence-electron chi connectivity index (χ0n) is 10.2. The minimum Gasteiger partial charge on any atom is -0.468 e. The second-order valence-corrected chi connectivity index (χ2v) is 3.91. The van der Waals surface area contributed by atoms with Crippen molar-refractivity contribution in [2.45, 2.75) is 12.5 Å². The van der Waals surface area contributed by atoms with Crippen molar-refractivity contribution in [2.24, 2.45) is 5.73 Å². The molecule has 0 radical (unpaired) electrons. The number of hydrogen-bond acceptors (Lipinski definition) is 5. The molecule has 0 rings (SSSR count). The van der Waals surface area contributed by atoms with Gasteiger partial charge in [-0.1, -0.05) is 0 Å². The fourth-order valence-electron chi connectivity index (χ4n) is 1.38. The molecule has 0 saturated carbocycles. The lowest BCUT2D eigenvalue weighted by Gasteiger charge is -2.25. The van der Waals surface area contributed by atoms with E-state index in [4.69, 9.17) is 5.73 Å². The van der Waals surface area contributed by atoms with Gasteiger partial charge in [-0.3, -0.25) is 9.69 Å². The molecule has 0 aromatic heterocycles. The van der Waals surface area contributed by atoms with Gasteiger partial charge in [0.1, 0.15) is 6.04 Å². The highest BCUT2D eigenvalue weighted by atomic mass is 16.5. The summed E-state index contributed by atoms with van der Waals surface area (Å²) >= 11 is 0. The minimum atomic E-state index is -0.322. The van der Waals surface area contributed by atoms with E-state index in [1.165, 1.54) is 7.11 Å². The molecule has 0 aliphatic heterocycles. The van der Waals surface area contributed by atoms with E-state index < -0.39 is 0 Å². The molecule has 1 atom stereocenters. The summed E-state index contributed by atoms with van der Waals surface area (Å²) in [5.74, 6) is -0.259. The number of rotatable bonds is 7. The average molecular weight is 217 g/mol. The highest BCUT2D eigenvalue weighted by molar-refractivity contribution is 5.75. The van der Waals surface area contributed by atoms with Gasteiger partial charge < -0.3 is 15.4 Å². The van der Waals surface area contributed by atoms with Crippen LogP contribution < -0.4 is 5.73 Å². The van der Waals surface area contributed by atoms with Crippen molar-refractivity contribution in [1.82, 2.24) is 9.80 Å². The molecule has 0 aromatic carbocycles. The summed E-state index contributed by atoms with van der Waals surface area (Å²) in [5, 5.41) is 0. The van der Waals surface area contributed by atoms with Gasteiger partial charge in [0.15, 0.2) is 0 Å². The second-order valence-electron chi connectivity index (χ2n) is 3.91. The molecule has 0 amide bonds. The Labute approximate surface area is 92.2 Å². The number of ether oxygens (including phenoxy) is 1. The van der Waals surface area contributed by atoms with Crippen LogP contribution >= 0.6 is 0 Å². The topological polar surface area (TPSA) is 58.8 Å². The smallest absolute Gasteiger partial charge is 0.324 e. The fraction of sp³-hybridized carbons (Fsp3) is 0.900. The Bertz CT molecular complexity index is 186. The molecule has 2 N–H and O–H groups in total. The summed E-state index contributed by atoms with van der Waals surface area (Å²) in [7, 11) is 7.34. The highest BCUT2D eigenvalue weighted by Crippen LogP contribution is 1.99. The molecule has 15 heavy (non-hydrogen) atoms. The molecule has 0 heterocycles. The number of carbonyl (C=O) groups is 1. The van der Waals surface area contributed by atoms with Crippen LogP contribution in [0, 0.1) is 0 Å². The summed E-state index contributed by atoms with van der Waals surface area (Å²) in [5.41, 5.74) is 5.53. The Morgan fingerprint density at radius 2 is 1.93 bits per heavy atom. The lowest BCUT2D eigenvalue weighted by atomic mass is 10.2. The number of esters is 1. The van der Waals surface area contributed by atoms with Gasteiger partial charge in [-0.05, 0) is 40.7 Å². The van der Waals surface area contributed by atoms with Crippen LogP contribution in [0.15, 0.2) is 0 Å². The second kappa shape index (κ2) is 7.62. The quantitative estimate of drug-likeness (QED) is 0.575. The van der Waals surface area contributed by atoms with Crippen LogP contribution in [0.3, 0.4) is 0 Å². The standard InChI is InChI=1S/C10H23N3O2/c1-12(2)6-5-7-13(3)9(8-11)10(14)15-4/h9H,5-8,11H2,1-4H3. The van der Waals surface area contributed by atoms with Crippen LogP contribution in [0.1, 0.15) is 6.42 Å². The molecule has 0 spiro atoms. The number of nitrogens with two attached hydrogens (primary N) is 1. The van der Waals surface area contributed by atoms with Gasteiger partial charge >= 0.3 is 5.97 Å². The van der Waals surface area contributed by atoms with Crippen LogP contribution in [0.5, 0.6) is 0 Å². The lowest BCUT2D eigenvalue weighted by molar-refractivity contribution is -0.146. The molecule has 0 aliphatic carbocycles. The van der Waals surface area contributed by atoms with Crippen LogP contribution in [-0.4, -0.2) is 69.7 Å². The van der Waals surface area contributed by atoms with Crippen LogP contribution in [-0.2, 0) is 9.53 Å². The van der Waals surface area contributed by atoms with Gasteiger partial charge in [-0.25, -0.2) is 0 Å². The van der Waals surface area contributed by atoms with E-state index in [0.717, 1.165) is 19.5 Å². The Hall–Kier alpha value is -0.650. The van der Waals surface area contributed by atoms with E-state index in [1.807, 2.05) is 26.0 Å². The van der Waals surface area contributed by atoms with Gasteiger partial charge in [-0.2, -0.15) is 0 Å². The molecule has 5 heteroatoms. The van der Waals surface area contributed by atoms with Crippen LogP contribution in [0.25, 0.3) is 0 Å². The van der Waals surface area contributed by atoms with Gasteiger partial charge in [0.2, 0.25) is 0 Å². The molecule has 0 saturated heterocycles.